The van der Waals surface area contributed by atoms with Crippen molar-refractivity contribution in [3.05, 3.63) is 101 Å². The van der Waals surface area contributed by atoms with Gasteiger partial charge in [0.1, 0.15) is 5.75 Å². The van der Waals surface area contributed by atoms with Gasteiger partial charge in [0.15, 0.2) is 0 Å². The van der Waals surface area contributed by atoms with Crippen molar-refractivity contribution >= 4 is 0 Å². The Bertz CT molecular complexity index is 933. The maximum absolute atomic E-state index is 6.83. The first-order valence-electron chi connectivity index (χ1n) is 12.0. The Balaban J connectivity index is 1.77. The van der Waals surface area contributed by atoms with Gasteiger partial charge < -0.3 is 4.74 Å². The minimum Gasteiger partial charge on any atom is -0.496 e. The maximum Gasteiger partial charge on any atom is 0.122 e. The lowest BCUT2D eigenvalue weighted by Crippen LogP contribution is -2.49. The van der Waals surface area contributed by atoms with Gasteiger partial charge >= 0.3 is 0 Å². The van der Waals surface area contributed by atoms with Crippen molar-refractivity contribution in [3.8, 4) is 5.75 Å². The fourth-order valence-corrected chi connectivity index (χ4v) is 5.38. The first kappa shape index (κ1) is 22.6. The number of ether oxygens (including phenoxy) is 1. The van der Waals surface area contributed by atoms with Crippen molar-refractivity contribution in [2.24, 2.45) is 11.8 Å². The van der Waals surface area contributed by atoms with Gasteiger partial charge in [0.25, 0.3) is 0 Å². The van der Waals surface area contributed by atoms with E-state index in [0.29, 0.717) is 5.92 Å². The molecule has 1 fully saturated rings. The fourth-order valence-electron chi connectivity index (χ4n) is 5.38. The average molecular weight is 429 g/mol. The Morgan fingerprint density at radius 3 is 2.19 bits per heavy atom. The van der Waals surface area contributed by atoms with Crippen molar-refractivity contribution < 1.29 is 4.74 Å². The molecule has 32 heavy (non-hydrogen) atoms. The lowest BCUT2D eigenvalue weighted by molar-refractivity contribution is 0.139. The van der Waals surface area contributed by atoms with Gasteiger partial charge in [0.05, 0.1) is 7.11 Å². The molecule has 0 spiro atoms. The maximum atomic E-state index is 6.83. The van der Waals surface area contributed by atoms with Crippen LogP contribution in [0.25, 0.3) is 0 Å². The molecule has 0 radical (unpaired) electrons. The van der Waals surface area contributed by atoms with Crippen LogP contribution in [-0.2, 0) is 12.8 Å². The molecule has 1 aliphatic rings. The number of hydrogen-bond donors (Lipinski definition) is 1. The monoisotopic (exact) mass is 428 g/mol. The van der Waals surface area contributed by atoms with Crippen molar-refractivity contribution in [3.63, 3.8) is 0 Å². The molecule has 1 aliphatic heterocycles. The van der Waals surface area contributed by atoms with Gasteiger partial charge in [-0.15, -0.1) is 0 Å². The number of methoxy groups -OCH3 is 1. The zero-order valence-electron chi connectivity index (χ0n) is 19.4. The zero-order valence-corrected chi connectivity index (χ0v) is 19.4. The van der Waals surface area contributed by atoms with Crippen LogP contribution in [0.4, 0.5) is 0 Å². The predicted octanol–water partition coefficient (Wildman–Crippen LogP) is 5.98. The molecule has 0 bridgehead atoms. The summed E-state index contributed by atoms with van der Waals surface area (Å²) in [5.74, 6) is 8.48. The molecule has 3 aromatic rings. The number of nitrogens with two attached hydrogens (primary N) is 1. The van der Waals surface area contributed by atoms with E-state index in [1.165, 1.54) is 35.1 Å². The summed E-state index contributed by atoms with van der Waals surface area (Å²) in [6.45, 7) is 3.14. The summed E-state index contributed by atoms with van der Waals surface area (Å²) in [6, 6.07) is 28.7. The molecular formula is C29H36N2O. The molecule has 1 heterocycles. The highest BCUT2D eigenvalue weighted by Gasteiger charge is 2.36. The van der Waals surface area contributed by atoms with E-state index in [9.17, 15) is 0 Å². The number of rotatable bonds is 7. The van der Waals surface area contributed by atoms with Crippen LogP contribution in [0.5, 0.6) is 5.75 Å². The van der Waals surface area contributed by atoms with Crippen LogP contribution in [0.3, 0.4) is 0 Å². The highest BCUT2D eigenvalue weighted by atomic mass is 16.5. The minimum atomic E-state index is 0.220. The van der Waals surface area contributed by atoms with Gasteiger partial charge in [-0.05, 0) is 59.9 Å². The fraction of sp³-hybridized carbons (Fsp3) is 0.379. The molecule has 1 saturated heterocycles. The first-order chi connectivity index (χ1) is 15.7. The summed E-state index contributed by atoms with van der Waals surface area (Å²) in [6.07, 6.45) is 5.54. The second-order valence-corrected chi connectivity index (χ2v) is 8.99. The molecule has 0 aromatic heterocycles. The molecule has 3 heteroatoms. The minimum absolute atomic E-state index is 0.220. The standard InChI is InChI=1S/C29H36N2O/c1-3-22-17-18-27(32-2)26(20-22)21-25-16-10-11-19-31(30)29(25)28(23-12-6-4-7-13-23)24-14-8-5-9-15-24/h4-9,12-15,17-18,20,25,28-29H,3,10-11,16,19,21,30H2,1-2H3. The van der Waals surface area contributed by atoms with Crippen molar-refractivity contribution in [1.29, 1.82) is 0 Å². The third-order valence-corrected chi connectivity index (χ3v) is 7.00. The van der Waals surface area contributed by atoms with E-state index in [1.54, 1.807) is 7.11 Å². The van der Waals surface area contributed by atoms with Crippen LogP contribution in [0, 0.1) is 5.92 Å². The molecule has 0 aliphatic carbocycles. The summed E-state index contributed by atoms with van der Waals surface area (Å²) in [7, 11) is 1.78. The van der Waals surface area contributed by atoms with Gasteiger partial charge in [-0.2, -0.15) is 0 Å². The summed E-state index contributed by atoms with van der Waals surface area (Å²) < 4.78 is 5.76. The summed E-state index contributed by atoms with van der Waals surface area (Å²) >= 11 is 0. The summed E-state index contributed by atoms with van der Waals surface area (Å²) in [4.78, 5) is 0. The van der Waals surface area contributed by atoms with Crippen LogP contribution >= 0.6 is 0 Å². The van der Waals surface area contributed by atoms with E-state index in [4.69, 9.17) is 10.6 Å². The van der Waals surface area contributed by atoms with Gasteiger partial charge in [0, 0.05) is 18.5 Å². The second kappa shape index (κ2) is 10.8. The third kappa shape index (κ3) is 5.06. The highest BCUT2D eigenvalue weighted by Crippen LogP contribution is 2.39. The lowest BCUT2D eigenvalue weighted by Gasteiger charge is -2.39. The normalized spacial score (nSPS) is 19.6. The number of hydrogen-bond acceptors (Lipinski definition) is 3. The van der Waals surface area contributed by atoms with E-state index in [1.807, 2.05) is 0 Å². The summed E-state index contributed by atoms with van der Waals surface area (Å²) in [5, 5.41) is 2.14. The van der Waals surface area contributed by atoms with Crippen LogP contribution in [0.2, 0.25) is 0 Å². The number of nitrogens with zero attached hydrogens (tertiary/aromatic N) is 1. The van der Waals surface area contributed by atoms with Gasteiger partial charge in [-0.1, -0.05) is 86.1 Å². The molecule has 3 aromatic carbocycles. The van der Waals surface area contributed by atoms with Gasteiger partial charge in [0.2, 0.25) is 0 Å². The Labute approximate surface area is 193 Å². The zero-order chi connectivity index (χ0) is 22.3. The lowest BCUT2D eigenvalue weighted by atomic mass is 9.75. The topological polar surface area (TPSA) is 38.5 Å². The van der Waals surface area contributed by atoms with Crippen LogP contribution in [0.15, 0.2) is 78.9 Å². The van der Waals surface area contributed by atoms with E-state index in [0.717, 1.165) is 31.6 Å². The van der Waals surface area contributed by atoms with Crippen molar-refractivity contribution in [2.45, 2.75) is 51.0 Å². The molecule has 2 unspecified atom stereocenters. The molecule has 3 nitrogen and oxygen atoms in total. The van der Waals surface area contributed by atoms with Crippen LogP contribution < -0.4 is 10.6 Å². The van der Waals surface area contributed by atoms with Crippen LogP contribution in [0.1, 0.15) is 54.4 Å². The molecule has 2 atom stereocenters. The largest absolute Gasteiger partial charge is 0.496 e. The molecule has 0 amide bonds. The Morgan fingerprint density at radius 1 is 0.938 bits per heavy atom. The molecule has 4 rings (SSSR count). The second-order valence-electron chi connectivity index (χ2n) is 8.99. The smallest absolute Gasteiger partial charge is 0.122 e. The molecular weight excluding hydrogens is 392 g/mol. The van der Waals surface area contributed by atoms with Gasteiger partial charge in [-0.3, -0.25) is 5.84 Å². The number of benzene rings is 3. The average Bonchev–Trinajstić information content (AvgIpc) is 3.02. The molecule has 0 saturated carbocycles. The number of hydrazine groups is 1. The van der Waals surface area contributed by atoms with Crippen molar-refractivity contribution in [1.82, 2.24) is 5.01 Å². The Hall–Kier alpha value is -2.62. The third-order valence-electron chi connectivity index (χ3n) is 7.00. The van der Waals surface area contributed by atoms with E-state index >= 15 is 0 Å². The summed E-state index contributed by atoms with van der Waals surface area (Å²) in [5.41, 5.74) is 5.33. The Morgan fingerprint density at radius 2 is 1.59 bits per heavy atom. The van der Waals surface area contributed by atoms with Crippen LogP contribution in [-0.4, -0.2) is 24.7 Å². The van der Waals surface area contributed by atoms with E-state index in [2.05, 4.69) is 90.8 Å². The molecule has 168 valence electrons. The van der Waals surface area contributed by atoms with Crippen molar-refractivity contribution in [2.75, 3.05) is 13.7 Å². The highest BCUT2D eigenvalue weighted by molar-refractivity contribution is 5.39. The quantitative estimate of drug-likeness (QED) is 0.471. The van der Waals surface area contributed by atoms with E-state index < -0.39 is 0 Å². The SMILES string of the molecule is CCc1ccc(OC)c(CC2CCCCN(N)C2C(c2ccccc2)c2ccccc2)c1. The van der Waals surface area contributed by atoms with Gasteiger partial charge in [-0.25, -0.2) is 5.01 Å². The number of aryl methyl sites for hydroxylation is 1. The van der Waals surface area contributed by atoms with E-state index in [-0.39, 0.29) is 12.0 Å². The first-order valence-corrected chi connectivity index (χ1v) is 12.0. The Kier molecular flexibility index (Phi) is 7.62. The molecule has 2 N–H and O–H groups in total. The predicted molar refractivity (Wildman–Crippen MR) is 133 cm³/mol.